The first kappa shape index (κ1) is 19.8. The molecule has 2 heterocycles. The number of nitrogens with zero attached hydrogens (tertiary/aromatic N) is 2. The second-order valence-electron chi connectivity index (χ2n) is 7.48. The summed E-state index contributed by atoms with van der Waals surface area (Å²) in [6.07, 6.45) is 0. The van der Waals surface area contributed by atoms with E-state index in [9.17, 15) is 4.79 Å². The summed E-state index contributed by atoms with van der Waals surface area (Å²) in [4.78, 5) is 22.7. The molecule has 0 radical (unpaired) electrons. The van der Waals surface area contributed by atoms with Gasteiger partial charge in [0, 0.05) is 15.4 Å². The minimum absolute atomic E-state index is 0.192. The van der Waals surface area contributed by atoms with Gasteiger partial charge in [0.05, 0.1) is 27.0 Å². The Kier molecular flexibility index (Phi) is 5.04. The molecule has 1 N–H and O–H groups in total. The van der Waals surface area contributed by atoms with Crippen LogP contribution in [0.2, 0.25) is 0 Å². The predicted molar refractivity (Wildman–Crippen MR) is 132 cm³/mol. The number of amides is 1. The van der Waals surface area contributed by atoms with Crippen LogP contribution in [0.15, 0.2) is 71.2 Å². The maximum atomic E-state index is 13.3. The zero-order chi connectivity index (χ0) is 21.5. The van der Waals surface area contributed by atoms with Gasteiger partial charge in [-0.15, -0.1) is 0 Å². The summed E-state index contributed by atoms with van der Waals surface area (Å²) >= 11 is 4.94. The normalized spacial score (nSPS) is 11.2. The first-order valence-electron chi connectivity index (χ1n) is 9.83. The van der Waals surface area contributed by atoms with Crippen molar-refractivity contribution in [3.8, 4) is 11.3 Å². The molecule has 1 amide bonds. The molecule has 0 saturated heterocycles. The Morgan fingerprint density at radius 1 is 0.935 bits per heavy atom. The number of nitrogens with one attached hydrogen (secondary N) is 1. The van der Waals surface area contributed by atoms with E-state index in [1.165, 1.54) is 16.9 Å². The zero-order valence-corrected chi connectivity index (χ0v) is 19.3. The zero-order valence-electron chi connectivity index (χ0n) is 16.9. The summed E-state index contributed by atoms with van der Waals surface area (Å²) in [5.41, 5.74) is 6.37. The van der Waals surface area contributed by atoms with Crippen molar-refractivity contribution in [2.45, 2.75) is 13.8 Å². The highest BCUT2D eigenvalue weighted by Gasteiger charge is 2.16. The van der Waals surface area contributed by atoms with Gasteiger partial charge in [-0.3, -0.25) is 10.1 Å². The highest BCUT2D eigenvalue weighted by molar-refractivity contribution is 9.10. The fraction of sp³-hybridized carbons (Fsp3) is 0.0800. The third kappa shape index (κ3) is 3.84. The van der Waals surface area contributed by atoms with Gasteiger partial charge < -0.3 is 0 Å². The van der Waals surface area contributed by atoms with E-state index in [1.54, 1.807) is 0 Å². The van der Waals surface area contributed by atoms with Crippen LogP contribution in [0.4, 0.5) is 5.13 Å². The molecule has 31 heavy (non-hydrogen) atoms. The number of benzene rings is 3. The average molecular weight is 488 g/mol. The minimum atomic E-state index is -0.192. The SMILES string of the molecule is Cc1ccc(-c2cc(C(=O)Nc3nc4ccc(Br)cc4s3)c3ccccc3n2)c(C)c1. The number of anilines is 1. The number of pyridine rings is 1. The number of para-hydroxylation sites is 1. The van der Waals surface area contributed by atoms with E-state index in [2.05, 4.69) is 58.3 Å². The van der Waals surface area contributed by atoms with Gasteiger partial charge >= 0.3 is 0 Å². The molecule has 5 rings (SSSR count). The molecule has 0 fully saturated rings. The molecule has 0 saturated carbocycles. The first-order chi connectivity index (χ1) is 15.0. The molecule has 0 aliphatic heterocycles. The van der Waals surface area contributed by atoms with Crippen molar-refractivity contribution in [3.05, 3.63) is 87.9 Å². The number of carbonyl (C=O) groups is 1. The highest BCUT2D eigenvalue weighted by atomic mass is 79.9. The molecule has 5 aromatic rings. The Labute approximate surface area is 192 Å². The van der Waals surface area contributed by atoms with Crippen LogP contribution in [0.5, 0.6) is 0 Å². The second-order valence-corrected chi connectivity index (χ2v) is 9.42. The molecule has 0 spiro atoms. The standard InChI is InChI=1S/C25H18BrN3OS/c1-14-7-9-17(15(2)11-14)22-13-19(18-5-3-4-6-20(18)27-22)24(30)29-25-28-21-10-8-16(26)12-23(21)31-25/h3-13H,1-2H3,(H,28,29,30). The molecule has 0 bridgehead atoms. The van der Waals surface area contributed by atoms with Gasteiger partial charge in [-0.1, -0.05) is 69.2 Å². The quantitative estimate of drug-likeness (QED) is 0.294. The third-order valence-electron chi connectivity index (χ3n) is 5.19. The lowest BCUT2D eigenvalue weighted by molar-refractivity contribution is 0.102. The number of hydrogen-bond acceptors (Lipinski definition) is 4. The molecule has 0 aliphatic carbocycles. The molecular formula is C25H18BrN3OS. The van der Waals surface area contributed by atoms with Crippen LogP contribution in [0.25, 0.3) is 32.4 Å². The maximum absolute atomic E-state index is 13.3. The first-order valence-corrected chi connectivity index (χ1v) is 11.4. The molecule has 0 unspecified atom stereocenters. The van der Waals surface area contributed by atoms with Gasteiger partial charge in [-0.2, -0.15) is 0 Å². The van der Waals surface area contributed by atoms with Crippen molar-refractivity contribution in [2.75, 3.05) is 5.32 Å². The summed E-state index contributed by atoms with van der Waals surface area (Å²) in [6, 6.07) is 21.8. The Hall–Kier alpha value is -3.09. The second kappa shape index (κ2) is 7.87. The molecule has 2 aromatic heterocycles. The van der Waals surface area contributed by atoms with E-state index < -0.39 is 0 Å². The number of aryl methyl sites for hydroxylation is 2. The number of hydrogen-bond donors (Lipinski definition) is 1. The number of carbonyl (C=O) groups excluding carboxylic acids is 1. The van der Waals surface area contributed by atoms with Crippen LogP contribution in [0, 0.1) is 13.8 Å². The van der Waals surface area contributed by atoms with E-state index in [0.29, 0.717) is 10.7 Å². The highest BCUT2D eigenvalue weighted by Crippen LogP contribution is 2.31. The van der Waals surface area contributed by atoms with Gasteiger partial charge in [0.2, 0.25) is 0 Å². The van der Waals surface area contributed by atoms with E-state index in [0.717, 1.165) is 42.4 Å². The average Bonchev–Trinajstić information content (AvgIpc) is 3.14. The summed E-state index contributed by atoms with van der Waals surface area (Å²) in [7, 11) is 0. The van der Waals surface area contributed by atoms with Crippen molar-refractivity contribution >= 4 is 59.4 Å². The molecular weight excluding hydrogens is 470 g/mol. The van der Waals surface area contributed by atoms with Crippen LogP contribution >= 0.6 is 27.3 Å². The fourth-order valence-corrected chi connectivity index (χ4v) is 5.13. The number of aromatic nitrogens is 2. The van der Waals surface area contributed by atoms with Gasteiger partial charge in [0.1, 0.15) is 0 Å². The molecule has 0 atom stereocenters. The monoisotopic (exact) mass is 487 g/mol. The fourth-order valence-electron chi connectivity index (χ4n) is 3.72. The minimum Gasteiger partial charge on any atom is -0.298 e. The lowest BCUT2D eigenvalue weighted by Crippen LogP contribution is -2.13. The number of rotatable bonds is 3. The Morgan fingerprint density at radius 3 is 2.61 bits per heavy atom. The number of thiazole rings is 1. The van der Waals surface area contributed by atoms with Gasteiger partial charge in [-0.25, -0.2) is 9.97 Å². The predicted octanol–water partition coefficient (Wildman–Crippen LogP) is 7.14. The van der Waals surface area contributed by atoms with Gasteiger partial charge in [0.15, 0.2) is 5.13 Å². The Balaban J connectivity index is 1.59. The van der Waals surface area contributed by atoms with Crippen molar-refractivity contribution in [1.29, 1.82) is 0 Å². The van der Waals surface area contributed by atoms with Crippen LogP contribution in [-0.4, -0.2) is 15.9 Å². The molecule has 6 heteroatoms. The Bertz CT molecular complexity index is 1470. The van der Waals surface area contributed by atoms with Crippen molar-refractivity contribution in [3.63, 3.8) is 0 Å². The van der Waals surface area contributed by atoms with Crippen LogP contribution < -0.4 is 5.32 Å². The topological polar surface area (TPSA) is 54.9 Å². The largest absolute Gasteiger partial charge is 0.298 e. The number of halogens is 1. The summed E-state index contributed by atoms with van der Waals surface area (Å²) in [5, 5.41) is 4.38. The number of fused-ring (bicyclic) bond motifs is 2. The lowest BCUT2D eigenvalue weighted by atomic mass is 9.99. The summed E-state index contributed by atoms with van der Waals surface area (Å²) < 4.78 is 2.00. The lowest BCUT2D eigenvalue weighted by Gasteiger charge is -2.11. The maximum Gasteiger partial charge on any atom is 0.258 e. The van der Waals surface area contributed by atoms with E-state index >= 15 is 0 Å². The van der Waals surface area contributed by atoms with Crippen molar-refractivity contribution < 1.29 is 4.79 Å². The summed E-state index contributed by atoms with van der Waals surface area (Å²) in [6.45, 7) is 4.14. The van der Waals surface area contributed by atoms with Crippen LogP contribution in [0.1, 0.15) is 21.5 Å². The smallest absolute Gasteiger partial charge is 0.258 e. The van der Waals surface area contributed by atoms with Crippen molar-refractivity contribution in [2.24, 2.45) is 0 Å². The van der Waals surface area contributed by atoms with Crippen LogP contribution in [0.3, 0.4) is 0 Å². The van der Waals surface area contributed by atoms with Crippen LogP contribution in [-0.2, 0) is 0 Å². The molecule has 4 nitrogen and oxygen atoms in total. The van der Waals surface area contributed by atoms with E-state index in [-0.39, 0.29) is 5.91 Å². The Morgan fingerprint density at radius 2 is 1.77 bits per heavy atom. The van der Waals surface area contributed by atoms with Crippen molar-refractivity contribution in [1.82, 2.24) is 9.97 Å². The molecule has 0 aliphatic rings. The van der Waals surface area contributed by atoms with E-state index in [4.69, 9.17) is 4.98 Å². The summed E-state index contributed by atoms with van der Waals surface area (Å²) in [5.74, 6) is -0.192. The van der Waals surface area contributed by atoms with Gasteiger partial charge in [-0.05, 0) is 49.7 Å². The van der Waals surface area contributed by atoms with E-state index in [1.807, 2.05) is 48.5 Å². The molecule has 152 valence electrons. The van der Waals surface area contributed by atoms with Gasteiger partial charge in [0.25, 0.3) is 5.91 Å². The molecule has 3 aromatic carbocycles. The third-order valence-corrected chi connectivity index (χ3v) is 6.62.